The summed E-state index contributed by atoms with van der Waals surface area (Å²) in [4.78, 5) is 23.1. The number of hydrogen-bond acceptors (Lipinski definition) is 4. The third kappa shape index (κ3) is 4.43. The van der Waals surface area contributed by atoms with Gasteiger partial charge in [-0.05, 0) is 55.0 Å². The maximum Gasteiger partial charge on any atom is 0.432 e. The predicted molar refractivity (Wildman–Crippen MR) is 101 cm³/mol. The minimum Gasteiger partial charge on any atom is -0.489 e. The van der Waals surface area contributed by atoms with Gasteiger partial charge < -0.3 is 9.84 Å². The highest BCUT2D eigenvalue weighted by Gasteiger charge is 2.15. The molecule has 2 aromatic carbocycles. The van der Waals surface area contributed by atoms with Gasteiger partial charge >= 0.3 is 6.09 Å². The molecular weight excluding hydrogens is 363 g/mol. The zero-order valence-corrected chi connectivity index (χ0v) is 15.3. The van der Waals surface area contributed by atoms with E-state index < -0.39 is 11.9 Å². The van der Waals surface area contributed by atoms with Gasteiger partial charge in [0, 0.05) is 29.3 Å². The molecule has 3 aromatic rings. The normalized spacial score (nSPS) is 10.6. The highest BCUT2D eigenvalue weighted by molar-refractivity contribution is 5.96. The number of hydrogen-bond donors (Lipinski definition) is 1. The smallest absolute Gasteiger partial charge is 0.432 e. The van der Waals surface area contributed by atoms with E-state index in [1.807, 2.05) is 6.92 Å². The first kappa shape index (κ1) is 19.3. The minimum absolute atomic E-state index is 0.0717. The standard InChI is InChI=1S/C21H19FN2O4/c1-2-3-19(25)14-6-10-18(11-7-14)28-13-16-12-24(21(26)27)23-20(16)15-4-8-17(22)9-5-15/h4-12H,2-3,13H2,1H3,(H,26,27). The zero-order valence-electron chi connectivity index (χ0n) is 15.3. The summed E-state index contributed by atoms with van der Waals surface area (Å²) >= 11 is 0. The Kier molecular flexibility index (Phi) is 5.84. The van der Waals surface area contributed by atoms with E-state index in [-0.39, 0.29) is 12.4 Å². The molecule has 144 valence electrons. The summed E-state index contributed by atoms with van der Waals surface area (Å²) in [6, 6.07) is 12.4. The van der Waals surface area contributed by atoms with E-state index in [1.165, 1.54) is 30.5 Å². The maximum atomic E-state index is 13.2. The molecule has 0 spiro atoms. The van der Waals surface area contributed by atoms with Gasteiger partial charge in [0.05, 0.1) is 5.69 Å². The van der Waals surface area contributed by atoms with Crippen molar-refractivity contribution in [3.05, 3.63) is 71.7 Å². The first-order valence-electron chi connectivity index (χ1n) is 8.81. The topological polar surface area (TPSA) is 81.4 Å². The summed E-state index contributed by atoms with van der Waals surface area (Å²) in [5, 5.41) is 13.2. The summed E-state index contributed by atoms with van der Waals surface area (Å²) in [6.07, 6.45) is 1.42. The van der Waals surface area contributed by atoms with Crippen molar-refractivity contribution in [1.29, 1.82) is 0 Å². The van der Waals surface area contributed by atoms with Crippen molar-refractivity contribution in [3.8, 4) is 17.0 Å². The highest BCUT2D eigenvalue weighted by atomic mass is 19.1. The molecule has 0 amide bonds. The van der Waals surface area contributed by atoms with Gasteiger partial charge in [-0.2, -0.15) is 9.78 Å². The first-order valence-corrected chi connectivity index (χ1v) is 8.81. The summed E-state index contributed by atoms with van der Waals surface area (Å²) in [6.45, 7) is 2.02. The molecule has 1 aromatic heterocycles. The second kappa shape index (κ2) is 8.47. The summed E-state index contributed by atoms with van der Waals surface area (Å²) in [7, 11) is 0. The van der Waals surface area contributed by atoms with E-state index in [4.69, 9.17) is 4.74 Å². The molecule has 1 heterocycles. The quantitative estimate of drug-likeness (QED) is 0.595. The number of ketones is 1. The number of ether oxygens (including phenoxy) is 1. The molecule has 0 unspecified atom stereocenters. The third-order valence-electron chi connectivity index (χ3n) is 4.15. The Labute approximate surface area is 161 Å². The highest BCUT2D eigenvalue weighted by Crippen LogP contribution is 2.24. The van der Waals surface area contributed by atoms with Gasteiger partial charge in [-0.15, -0.1) is 0 Å². The molecule has 0 aliphatic heterocycles. The van der Waals surface area contributed by atoms with Gasteiger partial charge in [0.15, 0.2) is 5.78 Å². The van der Waals surface area contributed by atoms with Crippen LogP contribution in [0.3, 0.4) is 0 Å². The van der Waals surface area contributed by atoms with Gasteiger partial charge in [0.2, 0.25) is 0 Å². The molecule has 1 N–H and O–H groups in total. The van der Waals surface area contributed by atoms with E-state index >= 15 is 0 Å². The molecule has 0 fully saturated rings. The van der Waals surface area contributed by atoms with Crippen LogP contribution in [0.1, 0.15) is 35.7 Å². The van der Waals surface area contributed by atoms with Gasteiger partial charge in [-0.3, -0.25) is 4.79 Å². The van der Waals surface area contributed by atoms with Crippen molar-refractivity contribution >= 4 is 11.9 Å². The third-order valence-corrected chi connectivity index (χ3v) is 4.15. The SMILES string of the molecule is CCCC(=O)c1ccc(OCc2cn(C(=O)O)nc2-c2ccc(F)cc2)cc1. The van der Waals surface area contributed by atoms with E-state index in [9.17, 15) is 19.1 Å². The molecule has 28 heavy (non-hydrogen) atoms. The van der Waals surface area contributed by atoms with Crippen LogP contribution in [0.5, 0.6) is 5.75 Å². The second-order valence-corrected chi connectivity index (χ2v) is 6.22. The van der Waals surface area contributed by atoms with Crippen molar-refractivity contribution in [2.75, 3.05) is 0 Å². The molecule has 0 atom stereocenters. The summed E-state index contributed by atoms with van der Waals surface area (Å²) < 4.78 is 19.7. The number of carbonyl (C=O) groups is 2. The lowest BCUT2D eigenvalue weighted by Gasteiger charge is -2.07. The lowest BCUT2D eigenvalue weighted by molar-refractivity contribution is 0.0981. The Balaban J connectivity index is 1.79. The van der Waals surface area contributed by atoms with E-state index in [2.05, 4.69) is 5.10 Å². The summed E-state index contributed by atoms with van der Waals surface area (Å²) in [5.74, 6) is 0.230. The number of nitrogens with zero attached hydrogens (tertiary/aromatic N) is 2. The fourth-order valence-corrected chi connectivity index (χ4v) is 2.73. The Morgan fingerprint density at radius 2 is 1.79 bits per heavy atom. The van der Waals surface area contributed by atoms with Crippen LogP contribution >= 0.6 is 0 Å². The largest absolute Gasteiger partial charge is 0.489 e. The average molecular weight is 382 g/mol. The molecule has 3 rings (SSSR count). The Morgan fingerprint density at radius 3 is 2.39 bits per heavy atom. The Bertz CT molecular complexity index is 979. The molecule has 0 bridgehead atoms. The fourth-order valence-electron chi connectivity index (χ4n) is 2.73. The van der Waals surface area contributed by atoms with Crippen LogP contribution in [-0.2, 0) is 6.61 Å². The minimum atomic E-state index is -1.23. The molecule has 0 saturated heterocycles. The zero-order chi connectivity index (χ0) is 20.1. The van der Waals surface area contributed by atoms with E-state index in [0.717, 1.165) is 11.1 Å². The van der Waals surface area contributed by atoms with Crippen LogP contribution in [-0.4, -0.2) is 26.8 Å². The number of halogens is 1. The number of benzene rings is 2. The van der Waals surface area contributed by atoms with Crippen LogP contribution < -0.4 is 4.74 Å². The predicted octanol–water partition coefficient (Wildman–Crippen LogP) is 4.78. The van der Waals surface area contributed by atoms with Crippen molar-refractivity contribution in [1.82, 2.24) is 9.78 Å². The van der Waals surface area contributed by atoms with Crippen molar-refractivity contribution < 1.29 is 23.8 Å². The number of carboxylic acid groups (broad SMARTS) is 1. The van der Waals surface area contributed by atoms with Crippen molar-refractivity contribution in [3.63, 3.8) is 0 Å². The molecule has 7 heteroatoms. The number of carbonyl (C=O) groups excluding carboxylic acids is 1. The van der Waals surface area contributed by atoms with E-state index in [1.54, 1.807) is 24.3 Å². The van der Waals surface area contributed by atoms with Crippen LogP contribution in [0.15, 0.2) is 54.7 Å². The van der Waals surface area contributed by atoms with Crippen LogP contribution in [0, 0.1) is 5.82 Å². The van der Waals surface area contributed by atoms with Crippen molar-refractivity contribution in [2.45, 2.75) is 26.4 Å². The molecule has 6 nitrogen and oxygen atoms in total. The van der Waals surface area contributed by atoms with Gasteiger partial charge in [-0.1, -0.05) is 6.92 Å². The Hall–Kier alpha value is -3.48. The molecule has 0 aliphatic rings. The molecular formula is C21H19FN2O4. The number of Topliss-reactive ketones (excluding diaryl/α,β-unsaturated/α-hetero) is 1. The maximum absolute atomic E-state index is 13.2. The summed E-state index contributed by atoms with van der Waals surface area (Å²) in [5.41, 5.74) is 2.15. The monoisotopic (exact) mass is 382 g/mol. The number of rotatable bonds is 7. The first-order chi connectivity index (χ1) is 13.5. The Morgan fingerprint density at radius 1 is 1.11 bits per heavy atom. The fraction of sp³-hybridized carbons (Fsp3) is 0.190. The molecule has 0 aliphatic carbocycles. The van der Waals surface area contributed by atoms with E-state index in [0.29, 0.717) is 34.6 Å². The van der Waals surface area contributed by atoms with Crippen LogP contribution in [0.4, 0.5) is 9.18 Å². The molecule has 0 saturated carbocycles. The van der Waals surface area contributed by atoms with Gasteiger partial charge in [-0.25, -0.2) is 9.18 Å². The number of aromatic nitrogens is 2. The lowest BCUT2D eigenvalue weighted by atomic mass is 10.1. The van der Waals surface area contributed by atoms with Gasteiger partial charge in [0.1, 0.15) is 18.2 Å². The average Bonchev–Trinajstić information content (AvgIpc) is 3.12. The second-order valence-electron chi connectivity index (χ2n) is 6.22. The van der Waals surface area contributed by atoms with Crippen molar-refractivity contribution in [2.24, 2.45) is 0 Å². The lowest BCUT2D eigenvalue weighted by Crippen LogP contribution is -2.08. The van der Waals surface area contributed by atoms with Crippen LogP contribution in [0.2, 0.25) is 0 Å². The van der Waals surface area contributed by atoms with Gasteiger partial charge in [0.25, 0.3) is 0 Å². The van der Waals surface area contributed by atoms with Crippen LogP contribution in [0.25, 0.3) is 11.3 Å². The molecule has 0 radical (unpaired) electrons.